The lowest BCUT2D eigenvalue weighted by Gasteiger charge is -2.08. The maximum atomic E-state index is 12.1. The molecule has 0 saturated carbocycles. The predicted molar refractivity (Wildman–Crippen MR) is 99.5 cm³/mol. The highest BCUT2D eigenvalue weighted by molar-refractivity contribution is 6.30. The molecule has 0 radical (unpaired) electrons. The van der Waals surface area contributed by atoms with Crippen LogP contribution in [0.4, 0.5) is 11.4 Å². The summed E-state index contributed by atoms with van der Waals surface area (Å²) >= 11 is 5.75. The van der Waals surface area contributed by atoms with Crippen molar-refractivity contribution in [3.63, 3.8) is 0 Å². The van der Waals surface area contributed by atoms with Crippen LogP contribution in [0, 0.1) is 10.1 Å². The largest absolute Gasteiger partial charge is 0.454 e. The molecular formula is C18H17ClN2O6. The summed E-state index contributed by atoms with van der Waals surface area (Å²) in [6, 6.07) is 10.0. The van der Waals surface area contributed by atoms with Crippen molar-refractivity contribution in [2.75, 3.05) is 32.2 Å². The lowest BCUT2D eigenvalue weighted by molar-refractivity contribution is -0.384. The number of benzene rings is 2. The van der Waals surface area contributed by atoms with Crippen LogP contribution in [0.5, 0.6) is 0 Å². The number of esters is 1. The summed E-state index contributed by atoms with van der Waals surface area (Å²) in [6.45, 7) is 0.257. The van der Waals surface area contributed by atoms with Gasteiger partial charge in [-0.25, -0.2) is 4.79 Å². The predicted octanol–water partition coefficient (Wildman–Crippen LogP) is 3.35. The Labute approximate surface area is 160 Å². The number of carbonyl (C=O) groups is 2. The monoisotopic (exact) mass is 392 g/mol. The lowest BCUT2D eigenvalue weighted by atomic mass is 10.1. The number of hydrogen-bond donors (Lipinski definition) is 1. The molecule has 9 heteroatoms. The van der Waals surface area contributed by atoms with E-state index in [0.717, 1.165) is 6.07 Å². The third kappa shape index (κ3) is 5.77. The number of rotatable bonds is 9. The zero-order valence-corrected chi connectivity index (χ0v) is 15.2. The van der Waals surface area contributed by atoms with E-state index >= 15 is 0 Å². The van der Waals surface area contributed by atoms with Gasteiger partial charge in [-0.3, -0.25) is 14.9 Å². The molecule has 8 nitrogen and oxygen atoms in total. The van der Waals surface area contributed by atoms with Crippen LogP contribution in [-0.4, -0.2) is 43.5 Å². The first kappa shape index (κ1) is 20.3. The molecule has 0 bridgehead atoms. The Morgan fingerprint density at radius 3 is 2.44 bits per heavy atom. The molecule has 0 aliphatic carbocycles. The van der Waals surface area contributed by atoms with Crippen molar-refractivity contribution in [2.24, 2.45) is 0 Å². The van der Waals surface area contributed by atoms with Crippen molar-refractivity contribution in [3.05, 3.63) is 68.7 Å². The first-order chi connectivity index (χ1) is 12.9. The second kappa shape index (κ2) is 9.65. The summed E-state index contributed by atoms with van der Waals surface area (Å²) in [5, 5.41) is 14.6. The van der Waals surface area contributed by atoms with E-state index in [0.29, 0.717) is 23.7 Å². The number of nitro benzene ring substituents is 1. The summed E-state index contributed by atoms with van der Waals surface area (Å²) in [4.78, 5) is 34.8. The fourth-order valence-electron chi connectivity index (χ4n) is 2.18. The van der Waals surface area contributed by atoms with Crippen LogP contribution in [0.15, 0.2) is 42.5 Å². The third-order valence-corrected chi connectivity index (χ3v) is 3.80. The first-order valence-corrected chi connectivity index (χ1v) is 8.27. The van der Waals surface area contributed by atoms with Gasteiger partial charge in [-0.15, -0.1) is 0 Å². The van der Waals surface area contributed by atoms with E-state index in [1.54, 1.807) is 12.1 Å². The maximum absolute atomic E-state index is 12.1. The molecule has 2 rings (SSSR count). The molecule has 0 aromatic heterocycles. The van der Waals surface area contributed by atoms with Gasteiger partial charge in [0.25, 0.3) is 5.69 Å². The molecule has 0 aliphatic heterocycles. The van der Waals surface area contributed by atoms with Crippen molar-refractivity contribution in [3.8, 4) is 0 Å². The number of carbonyl (C=O) groups excluding carboxylic acids is 2. The standard InChI is InChI=1S/C18H17ClN2O6/c1-26-9-8-20-15-7-4-13(10-16(15)21(24)25)18(23)27-11-17(22)12-2-5-14(19)6-3-12/h2-7,10,20H,8-9,11H2,1H3. The van der Waals surface area contributed by atoms with Crippen molar-refractivity contribution in [2.45, 2.75) is 0 Å². The second-order valence-corrected chi connectivity index (χ2v) is 5.85. The summed E-state index contributed by atoms with van der Waals surface area (Å²) in [5.74, 6) is -1.24. The fourth-order valence-corrected chi connectivity index (χ4v) is 2.31. The molecule has 0 spiro atoms. The molecule has 0 atom stereocenters. The molecule has 0 saturated heterocycles. The Hall–Kier alpha value is -2.97. The molecule has 142 valence electrons. The van der Waals surface area contributed by atoms with Crippen LogP contribution in [0.2, 0.25) is 5.02 Å². The summed E-state index contributed by atoms with van der Waals surface area (Å²) in [6.07, 6.45) is 0. The van der Waals surface area contributed by atoms with E-state index in [1.807, 2.05) is 0 Å². The Morgan fingerprint density at radius 1 is 1.15 bits per heavy atom. The van der Waals surface area contributed by atoms with E-state index < -0.39 is 23.3 Å². The second-order valence-electron chi connectivity index (χ2n) is 5.41. The van der Waals surface area contributed by atoms with Crippen LogP contribution in [0.1, 0.15) is 20.7 Å². The van der Waals surface area contributed by atoms with Gasteiger partial charge in [0.05, 0.1) is 17.1 Å². The van der Waals surface area contributed by atoms with E-state index in [4.69, 9.17) is 21.1 Å². The number of anilines is 1. The van der Waals surface area contributed by atoms with E-state index in [1.165, 1.54) is 31.4 Å². The van der Waals surface area contributed by atoms with Gasteiger partial charge in [0, 0.05) is 30.3 Å². The Kier molecular flexibility index (Phi) is 7.27. The van der Waals surface area contributed by atoms with Crippen LogP contribution in [0.25, 0.3) is 0 Å². The van der Waals surface area contributed by atoms with E-state index in [-0.39, 0.29) is 16.9 Å². The third-order valence-electron chi connectivity index (χ3n) is 3.55. The van der Waals surface area contributed by atoms with Crippen molar-refractivity contribution in [1.82, 2.24) is 0 Å². The number of Topliss-reactive ketones (excluding diaryl/α,β-unsaturated/α-hetero) is 1. The van der Waals surface area contributed by atoms with Crippen LogP contribution in [-0.2, 0) is 9.47 Å². The van der Waals surface area contributed by atoms with E-state index in [2.05, 4.69) is 5.32 Å². The molecular weight excluding hydrogens is 376 g/mol. The smallest absolute Gasteiger partial charge is 0.338 e. The van der Waals surface area contributed by atoms with Crippen molar-refractivity contribution >= 4 is 34.7 Å². The van der Waals surface area contributed by atoms with Gasteiger partial charge >= 0.3 is 5.97 Å². The fraction of sp³-hybridized carbons (Fsp3) is 0.222. The molecule has 0 amide bonds. The summed E-state index contributed by atoms with van der Waals surface area (Å²) < 4.78 is 9.84. The Morgan fingerprint density at radius 2 is 1.81 bits per heavy atom. The lowest BCUT2D eigenvalue weighted by Crippen LogP contribution is -2.15. The minimum absolute atomic E-state index is 0.0251. The van der Waals surface area contributed by atoms with Crippen LogP contribution >= 0.6 is 11.6 Å². The SMILES string of the molecule is COCCNc1ccc(C(=O)OCC(=O)c2ccc(Cl)cc2)cc1[N+](=O)[O-]. The summed E-state index contributed by atoms with van der Waals surface area (Å²) in [5.41, 5.74) is 0.300. The van der Waals surface area contributed by atoms with Gasteiger partial charge < -0.3 is 14.8 Å². The minimum Gasteiger partial charge on any atom is -0.454 e. The molecule has 2 aromatic carbocycles. The van der Waals surface area contributed by atoms with Gasteiger partial charge in [0.1, 0.15) is 5.69 Å². The Balaban J connectivity index is 2.04. The number of nitrogens with zero attached hydrogens (tertiary/aromatic N) is 1. The number of ether oxygens (including phenoxy) is 2. The molecule has 0 heterocycles. The van der Waals surface area contributed by atoms with Crippen molar-refractivity contribution in [1.29, 1.82) is 0 Å². The average molecular weight is 393 g/mol. The van der Waals surface area contributed by atoms with Gasteiger partial charge in [0.2, 0.25) is 0 Å². The summed E-state index contributed by atoms with van der Waals surface area (Å²) in [7, 11) is 1.51. The Bertz CT molecular complexity index is 838. The van der Waals surface area contributed by atoms with Gasteiger partial charge in [-0.1, -0.05) is 11.6 Å². The van der Waals surface area contributed by atoms with E-state index in [9.17, 15) is 19.7 Å². The highest BCUT2D eigenvalue weighted by Gasteiger charge is 2.19. The minimum atomic E-state index is -0.830. The number of methoxy groups -OCH3 is 1. The average Bonchev–Trinajstić information content (AvgIpc) is 2.66. The molecule has 0 aliphatic rings. The first-order valence-electron chi connectivity index (χ1n) is 7.89. The van der Waals surface area contributed by atoms with Crippen molar-refractivity contribution < 1.29 is 24.0 Å². The molecule has 0 fully saturated rings. The zero-order valence-electron chi connectivity index (χ0n) is 14.4. The highest BCUT2D eigenvalue weighted by atomic mass is 35.5. The highest BCUT2D eigenvalue weighted by Crippen LogP contribution is 2.25. The van der Waals surface area contributed by atoms with Gasteiger partial charge in [-0.2, -0.15) is 0 Å². The van der Waals surface area contributed by atoms with Crippen LogP contribution < -0.4 is 5.32 Å². The zero-order chi connectivity index (χ0) is 19.8. The van der Waals surface area contributed by atoms with Gasteiger partial charge in [0.15, 0.2) is 12.4 Å². The van der Waals surface area contributed by atoms with Gasteiger partial charge in [-0.05, 0) is 36.4 Å². The molecule has 27 heavy (non-hydrogen) atoms. The topological polar surface area (TPSA) is 108 Å². The number of ketones is 1. The molecule has 2 aromatic rings. The molecule has 1 N–H and O–H groups in total. The molecule has 0 unspecified atom stereocenters. The number of hydrogen-bond acceptors (Lipinski definition) is 7. The normalized spacial score (nSPS) is 10.3. The number of nitrogens with one attached hydrogen (secondary N) is 1. The quantitative estimate of drug-likeness (QED) is 0.229. The van der Waals surface area contributed by atoms with Crippen LogP contribution in [0.3, 0.4) is 0 Å². The number of halogens is 1. The number of nitro groups is 1. The maximum Gasteiger partial charge on any atom is 0.338 e.